The monoisotopic (exact) mass is 267 g/mol. The van der Waals surface area contributed by atoms with Crippen LogP contribution in [0.1, 0.15) is 26.3 Å². The molecule has 0 saturated heterocycles. The molecule has 1 aromatic carbocycles. The summed E-state index contributed by atoms with van der Waals surface area (Å²) in [5.74, 6) is -1.88. The third-order valence-electron chi connectivity index (χ3n) is 2.58. The van der Waals surface area contributed by atoms with Crippen LogP contribution in [0, 0.1) is 18.7 Å². The number of hydrogen-bond acceptors (Lipinski definition) is 3. The standard InChI is InChI=1S/C14H18FNO3/c1-8(2)13(16-10(4)17)14(18)19-12-7-9(3)5-6-11(12)15/h5-8,13H,1-4H3,(H,16,17)/t13-/m0/s1. The molecule has 0 spiro atoms. The van der Waals surface area contributed by atoms with E-state index in [-0.39, 0.29) is 17.6 Å². The summed E-state index contributed by atoms with van der Waals surface area (Å²) in [5.41, 5.74) is 0.782. The van der Waals surface area contributed by atoms with Crippen LogP contribution in [-0.4, -0.2) is 17.9 Å². The van der Waals surface area contributed by atoms with Crippen molar-refractivity contribution in [3.63, 3.8) is 0 Å². The lowest BCUT2D eigenvalue weighted by Gasteiger charge is -2.20. The number of rotatable bonds is 4. The minimum absolute atomic E-state index is 0.124. The van der Waals surface area contributed by atoms with Crippen LogP contribution in [0.5, 0.6) is 5.75 Å². The van der Waals surface area contributed by atoms with Crippen LogP contribution in [0.15, 0.2) is 18.2 Å². The Morgan fingerprint density at radius 2 is 1.95 bits per heavy atom. The van der Waals surface area contributed by atoms with Crippen molar-refractivity contribution >= 4 is 11.9 Å². The number of carbonyl (C=O) groups is 2. The van der Waals surface area contributed by atoms with Crippen LogP contribution in [0.2, 0.25) is 0 Å². The van der Waals surface area contributed by atoms with E-state index in [2.05, 4.69) is 5.32 Å². The summed E-state index contributed by atoms with van der Waals surface area (Å²) in [7, 11) is 0. The smallest absolute Gasteiger partial charge is 0.334 e. The van der Waals surface area contributed by atoms with Crippen LogP contribution in [0.4, 0.5) is 4.39 Å². The van der Waals surface area contributed by atoms with Crippen LogP contribution >= 0.6 is 0 Å². The highest BCUT2D eigenvalue weighted by molar-refractivity contribution is 5.84. The van der Waals surface area contributed by atoms with Crippen molar-refractivity contribution in [1.29, 1.82) is 0 Å². The number of ether oxygens (including phenoxy) is 1. The molecule has 0 aliphatic carbocycles. The van der Waals surface area contributed by atoms with Crippen molar-refractivity contribution in [2.45, 2.75) is 33.7 Å². The first-order valence-electron chi connectivity index (χ1n) is 6.06. The van der Waals surface area contributed by atoms with Gasteiger partial charge in [-0.3, -0.25) is 4.79 Å². The van der Waals surface area contributed by atoms with Crippen molar-refractivity contribution in [2.75, 3.05) is 0 Å². The highest BCUT2D eigenvalue weighted by Crippen LogP contribution is 2.19. The highest BCUT2D eigenvalue weighted by Gasteiger charge is 2.25. The second-order valence-corrected chi connectivity index (χ2v) is 4.78. The van der Waals surface area contributed by atoms with Gasteiger partial charge in [0.1, 0.15) is 6.04 Å². The summed E-state index contributed by atoms with van der Waals surface area (Å²) in [6, 6.07) is 3.47. The first kappa shape index (κ1) is 15.1. The van der Waals surface area contributed by atoms with E-state index < -0.39 is 17.8 Å². The van der Waals surface area contributed by atoms with Gasteiger partial charge in [-0.1, -0.05) is 19.9 Å². The lowest BCUT2D eigenvalue weighted by molar-refractivity contribution is -0.140. The van der Waals surface area contributed by atoms with Crippen molar-refractivity contribution in [2.24, 2.45) is 5.92 Å². The molecule has 0 radical (unpaired) electrons. The summed E-state index contributed by atoms with van der Waals surface area (Å²) in [6.45, 7) is 6.63. The Morgan fingerprint density at radius 1 is 1.32 bits per heavy atom. The van der Waals surface area contributed by atoms with Crippen LogP contribution in [0.25, 0.3) is 0 Å². The van der Waals surface area contributed by atoms with Gasteiger partial charge in [0.2, 0.25) is 5.91 Å². The number of carbonyl (C=O) groups excluding carboxylic acids is 2. The molecule has 4 nitrogen and oxygen atoms in total. The molecule has 0 aliphatic rings. The van der Waals surface area contributed by atoms with Crippen molar-refractivity contribution in [3.8, 4) is 5.75 Å². The van der Waals surface area contributed by atoms with Gasteiger partial charge in [0, 0.05) is 6.92 Å². The second-order valence-electron chi connectivity index (χ2n) is 4.78. The SMILES string of the molecule is CC(=O)N[C@H](C(=O)Oc1cc(C)ccc1F)C(C)C. The molecule has 1 N–H and O–H groups in total. The van der Waals surface area contributed by atoms with Gasteiger partial charge in [0.15, 0.2) is 11.6 Å². The lowest BCUT2D eigenvalue weighted by Crippen LogP contribution is -2.45. The Morgan fingerprint density at radius 3 is 2.47 bits per heavy atom. The van der Waals surface area contributed by atoms with E-state index >= 15 is 0 Å². The van der Waals surface area contributed by atoms with Crippen molar-refractivity contribution in [3.05, 3.63) is 29.6 Å². The molecule has 5 heteroatoms. The number of benzene rings is 1. The first-order chi connectivity index (χ1) is 8.81. The van der Waals surface area contributed by atoms with Gasteiger partial charge in [-0.05, 0) is 30.5 Å². The minimum atomic E-state index is -0.794. The number of hydrogen-bond donors (Lipinski definition) is 1. The van der Waals surface area contributed by atoms with Crippen LogP contribution in [0.3, 0.4) is 0 Å². The fourth-order valence-electron chi connectivity index (χ4n) is 1.58. The predicted octanol–water partition coefficient (Wildman–Crippen LogP) is 2.20. The van der Waals surface area contributed by atoms with Gasteiger partial charge in [0.25, 0.3) is 0 Å². The zero-order chi connectivity index (χ0) is 14.6. The predicted molar refractivity (Wildman–Crippen MR) is 69.2 cm³/mol. The maximum Gasteiger partial charge on any atom is 0.334 e. The molecule has 0 unspecified atom stereocenters. The first-order valence-corrected chi connectivity index (χ1v) is 6.06. The molecular formula is C14H18FNO3. The summed E-state index contributed by atoms with van der Waals surface area (Å²) in [5, 5.41) is 2.50. The molecule has 0 bridgehead atoms. The average Bonchev–Trinajstić information content (AvgIpc) is 2.30. The van der Waals surface area contributed by atoms with Gasteiger partial charge >= 0.3 is 5.97 Å². The summed E-state index contributed by atoms with van der Waals surface area (Å²) in [4.78, 5) is 23.0. The molecule has 1 aromatic rings. The molecule has 1 atom stereocenters. The maximum atomic E-state index is 13.5. The largest absolute Gasteiger partial charge is 0.422 e. The number of nitrogens with one attached hydrogen (secondary N) is 1. The fourth-order valence-corrected chi connectivity index (χ4v) is 1.58. The van der Waals surface area contributed by atoms with Crippen molar-refractivity contribution < 1.29 is 18.7 Å². The Hall–Kier alpha value is -1.91. The molecule has 0 saturated carbocycles. The third-order valence-corrected chi connectivity index (χ3v) is 2.58. The van der Waals surface area contributed by atoms with Gasteiger partial charge < -0.3 is 10.1 Å². The Balaban J connectivity index is 2.87. The molecule has 19 heavy (non-hydrogen) atoms. The maximum absolute atomic E-state index is 13.5. The van der Waals surface area contributed by atoms with E-state index in [1.54, 1.807) is 26.8 Å². The van der Waals surface area contributed by atoms with Gasteiger partial charge in [0.05, 0.1) is 0 Å². The zero-order valence-electron chi connectivity index (χ0n) is 11.5. The molecule has 104 valence electrons. The van der Waals surface area contributed by atoms with Gasteiger partial charge in [-0.2, -0.15) is 0 Å². The summed E-state index contributed by atoms with van der Waals surface area (Å²) >= 11 is 0. The van der Waals surface area contributed by atoms with E-state index in [0.29, 0.717) is 0 Å². The number of amides is 1. The molecule has 0 fully saturated rings. The van der Waals surface area contributed by atoms with E-state index in [9.17, 15) is 14.0 Å². The molecule has 0 aromatic heterocycles. The number of esters is 1. The minimum Gasteiger partial charge on any atom is -0.422 e. The third kappa shape index (κ3) is 4.35. The van der Waals surface area contributed by atoms with Crippen LogP contribution < -0.4 is 10.1 Å². The fraction of sp³-hybridized carbons (Fsp3) is 0.429. The Bertz CT molecular complexity index is 486. The molecule has 0 heterocycles. The lowest BCUT2D eigenvalue weighted by atomic mass is 10.0. The van der Waals surface area contributed by atoms with E-state index in [4.69, 9.17) is 4.74 Å². The second kappa shape index (κ2) is 6.31. The van der Waals surface area contributed by atoms with E-state index in [1.165, 1.54) is 19.1 Å². The van der Waals surface area contributed by atoms with Crippen molar-refractivity contribution in [1.82, 2.24) is 5.32 Å². The summed E-state index contributed by atoms with van der Waals surface area (Å²) in [6.07, 6.45) is 0. The highest BCUT2D eigenvalue weighted by atomic mass is 19.1. The number of halogens is 1. The Labute approximate surface area is 112 Å². The number of aryl methyl sites for hydroxylation is 1. The molecule has 0 aliphatic heterocycles. The topological polar surface area (TPSA) is 55.4 Å². The summed E-state index contributed by atoms with van der Waals surface area (Å²) < 4.78 is 18.5. The zero-order valence-corrected chi connectivity index (χ0v) is 11.5. The van der Waals surface area contributed by atoms with E-state index in [0.717, 1.165) is 5.56 Å². The normalized spacial score (nSPS) is 12.1. The van der Waals surface area contributed by atoms with Gasteiger partial charge in [-0.25, -0.2) is 9.18 Å². The van der Waals surface area contributed by atoms with Crippen LogP contribution in [-0.2, 0) is 9.59 Å². The quantitative estimate of drug-likeness (QED) is 0.672. The average molecular weight is 267 g/mol. The molecule has 1 amide bonds. The van der Waals surface area contributed by atoms with E-state index in [1.807, 2.05) is 0 Å². The molecular weight excluding hydrogens is 249 g/mol. The molecule has 1 rings (SSSR count). The van der Waals surface area contributed by atoms with Gasteiger partial charge in [-0.15, -0.1) is 0 Å². The Kier molecular flexibility index (Phi) is 5.03.